The molecule has 2 amide bonds. The molecule has 198 valence electrons. The molecule has 0 fully saturated rings. The maximum atomic E-state index is 12.7. The van der Waals surface area contributed by atoms with Gasteiger partial charge in [0, 0.05) is 38.2 Å². The maximum absolute atomic E-state index is 12.7. The largest absolute Gasteiger partial charge is 0.481 e. The number of carboxylic acids is 1. The van der Waals surface area contributed by atoms with Crippen LogP contribution >= 0.6 is 0 Å². The number of hydrogen-bond acceptors (Lipinski definition) is 9. The second kappa shape index (κ2) is 13.9. The minimum Gasteiger partial charge on any atom is -0.481 e. The Hall–Kier alpha value is -4.20. The highest BCUT2D eigenvalue weighted by Gasteiger charge is 2.28. The fraction of sp³-hybridized carbons (Fsp3) is 0.280. The van der Waals surface area contributed by atoms with Crippen molar-refractivity contribution >= 4 is 24.9 Å². The Morgan fingerprint density at radius 2 is 1.45 bits per heavy atom. The lowest BCUT2D eigenvalue weighted by Gasteiger charge is -2.21. The van der Waals surface area contributed by atoms with E-state index >= 15 is 0 Å². The van der Waals surface area contributed by atoms with Gasteiger partial charge in [-0.2, -0.15) is 0 Å². The number of aromatic nitrogens is 3. The lowest BCUT2D eigenvalue weighted by Crippen LogP contribution is -2.53. The highest BCUT2D eigenvalue weighted by molar-refractivity contribution is 6.43. The normalized spacial score (nSPS) is 12.4. The molecule has 0 spiro atoms. The van der Waals surface area contributed by atoms with Crippen LogP contribution in [0.15, 0.2) is 67.1 Å². The van der Waals surface area contributed by atoms with Crippen LogP contribution in [0.5, 0.6) is 0 Å². The number of amides is 2. The van der Waals surface area contributed by atoms with E-state index in [1.807, 2.05) is 36.4 Å². The summed E-state index contributed by atoms with van der Waals surface area (Å²) in [4.78, 5) is 51.6. The Bertz CT molecular complexity index is 1160. The van der Waals surface area contributed by atoms with Crippen LogP contribution in [0.2, 0.25) is 0 Å². The molecular weight excluding hydrogens is 491 g/mol. The molecule has 0 bridgehead atoms. The van der Waals surface area contributed by atoms with Crippen molar-refractivity contribution in [2.45, 2.75) is 45.0 Å². The molecular formula is C25H29BN6O6. The van der Waals surface area contributed by atoms with Crippen molar-refractivity contribution in [2.75, 3.05) is 0 Å². The molecule has 3 aromatic heterocycles. The second-order valence-corrected chi connectivity index (χ2v) is 8.66. The van der Waals surface area contributed by atoms with Gasteiger partial charge in [-0.05, 0) is 43.3 Å². The number of nitrogens with one attached hydrogen (secondary N) is 2. The molecule has 3 heterocycles. The van der Waals surface area contributed by atoms with Gasteiger partial charge >= 0.3 is 13.1 Å². The van der Waals surface area contributed by atoms with Gasteiger partial charge in [0.25, 0.3) is 5.91 Å². The van der Waals surface area contributed by atoms with Crippen molar-refractivity contribution < 1.29 is 29.5 Å². The van der Waals surface area contributed by atoms with E-state index in [2.05, 4.69) is 30.5 Å². The third-order valence-corrected chi connectivity index (χ3v) is 5.51. The van der Waals surface area contributed by atoms with Crippen LogP contribution in [0.4, 0.5) is 0 Å². The molecule has 12 nitrogen and oxygen atoms in total. The fourth-order valence-corrected chi connectivity index (χ4v) is 3.52. The van der Waals surface area contributed by atoms with E-state index in [4.69, 9.17) is 15.2 Å². The van der Waals surface area contributed by atoms with Gasteiger partial charge in [-0.3, -0.25) is 34.2 Å². The van der Waals surface area contributed by atoms with E-state index in [0.717, 1.165) is 11.4 Å². The van der Waals surface area contributed by atoms with Gasteiger partial charge in [0.15, 0.2) is 0 Å². The molecule has 3 aromatic rings. The second-order valence-electron chi connectivity index (χ2n) is 8.66. The van der Waals surface area contributed by atoms with Crippen molar-refractivity contribution in [3.8, 4) is 0 Å². The Kier molecular flexibility index (Phi) is 10.4. The molecule has 3 rings (SSSR count). The molecule has 0 aliphatic carbocycles. The van der Waals surface area contributed by atoms with Crippen molar-refractivity contribution in [1.29, 1.82) is 0 Å². The molecule has 0 radical (unpaired) electrons. The zero-order valence-electron chi connectivity index (χ0n) is 20.8. The number of carbonyl (C=O) groups is 3. The first kappa shape index (κ1) is 28.4. The van der Waals surface area contributed by atoms with Gasteiger partial charge in [0.05, 0.1) is 35.0 Å². The minimum atomic E-state index is -1.84. The van der Waals surface area contributed by atoms with Crippen molar-refractivity contribution in [2.24, 2.45) is 0 Å². The molecule has 0 saturated heterocycles. The van der Waals surface area contributed by atoms with Crippen LogP contribution in [0.25, 0.3) is 0 Å². The van der Waals surface area contributed by atoms with Gasteiger partial charge in [0.1, 0.15) is 6.04 Å². The Morgan fingerprint density at radius 1 is 0.868 bits per heavy atom. The van der Waals surface area contributed by atoms with Crippen LogP contribution in [0, 0.1) is 0 Å². The molecule has 13 heteroatoms. The van der Waals surface area contributed by atoms with E-state index in [1.165, 1.54) is 19.2 Å². The number of rotatable bonds is 13. The zero-order chi connectivity index (χ0) is 27.5. The van der Waals surface area contributed by atoms with E-state index in [1.54, 1.807) is 18.5 Å². The highest BCUT2D eigenvalue weighted by Crippen LogP contribution is 2.12. The van der Waals surface area contributed by atoms with Gasteiger partial charge in [-0.15, -0.1) is 0 Å². The summed E-state index contributed by atoms with van der Waals surface area (Å²) in [5.41, 5.74) is 2.57. The zero-order valence-corrected chi connectivity index (χ0v) is 20.8. The van der Waals surface area contributed by atoms with Crippen molar-refractivity contribution in [3.63, 3.8) is 0 Å². The minimum absolute atomic E-state index is 0.133. The third kappa shape index (κ3) is 9.03. The summed E-state index contributed by atoms with van der Waals surface area (Å²) in [7, 11) is -1.84. The number of aliphatic carboxylic acids is 1. The SMILES string of the molecule is C[C@@H](NC(=O)[C@H](CC(=O)O)NC(=O)c1ccc(CN(Cc2ccccn2)Cc2ccccn2)nc1)B(O)O. The van der Waals surface area contributed by atoms with Crippen LogP contribution < -0.4 is 10.6 Å². The molecule has 0 unspecified atom stereocenters. The topological polar surface area (TPSA) is 178 Å². The summed E-state index contributed by atoms with van der Waals surface area (Å²) in [5, 5.41) is 32.1. The molecule has 5 N–H and O–H groups in total. The Morgan fingerprint density at radius 3 is 1.89 bits per heavy atom. The number of carboxylic acid groups (broad SMARTS) is 1. The first-order valence-corrected chi connectivity index (χ1v) is 11.9. The van der Waals surface area contributed by atoms with E-state index in [-0.39, 0.29) is 5.56 Å². The van der Waals surface area contributed by atoms with E-state index in [9.17, 15) is 14.4 Å². The lowest BCUT2D eigenvalue weighted by molar-refractivity contribution is -0.139. The predicted octanol–water partition coefficient (Wildman–Crippen LogP) is 0.164. The highest BCUT2D eigenvalue weighted by atomic mass is 16.4. The number of pyridine rings is 3. The van der Waals surface area contributed by atoms with Gasteiger partial charge in [0.2, 0.25) is 5.91 Å². The summed E-state index contributed by atoms with van der Waals surface area (Å²) in [6, 6.07) is 13.2. The number of hydrogen-bond donors (Lipinski definition) is 5. The predicted molar refractivity (Wildman–Crippen MR) is 137 cm³/mol. The molecule has 0 saturated carbocycles. The summed E-state index contributed by atoms with van der Waals surface area (Å²) < 4.78 is 0. The first-order valence-electron chi connectivity index (χ1n) is 11.9. The Balaban J connectivity index is 1.68. The average molecular weight is 520 g/mol. The van der Waals surface area contributed by atoms with Gasteiger partial charge < -0.3 is 25.8 Å². The molecule has 0 aliphatic heterocycles. The first-order chi connectivity index (χ1) is 18.2. The standard InChI is InChI=1S/C25H29BN6O6/c1-17(26(37)38)30-25(36)22(12-23(33)34)31-24(35)18-8-9-21(29-13-18)16-32(14-19-6-2-4-10-27-19)15-20-7-3-5-11-28-20/h2-11,13,17,22,37-38H,12,14-16H2,1H3,(H,30,36)(H,31,35)(H,33,34)/t17-,22+/m1/s1. The van der Waals surface area contributed by atoms with Crippen LogP contribution in [-0.2, 0) is 29.2 Å². The fourth-order valence-electron chi connectivity index (χ4n) is 3.52. The molecule has 2 atom stereocenters. The Labute approximate surface area is 219 Å². The summed E-state index contributed by atoms with van der Waals surface area (Å²) in [6.07, 6.45) is 4.11. The van der Waals surface area contributed by atoms with Gasteiger partial charge in [-0.1, -0.05) is 12.1 Å². The van der Waals surface area contributed by atoms with E-state index in [0.29, 0.717) is 25.3 Å². The summed E-state index contributed by atoms with van der Waals surface area (Å²) in [5.74, 6) is -3.92. The number of carbonyl (C=O) groups excluding carboxylic acids is 2. The summed E-state index contributed by atoms with van der Waals surface area (Å²) >= 11 is 0. The van der Waals surface area contributed by atoms with Gasteiger partial charge in [-0.25, -0.2) is 0 Å². The van der Waals surface area contributed by atoms with Crippen molar-refractivity contribution in [3.05, 3.63) is 89.8 Å². The lowest BCUT2D eigenvalue weighted by atomic mass is 9.81. The quantitative estimate of drug-likeness (QED) is 0.195. The third-order valence-electron chi connectivity index (χ3n) is 5.51. The van der Waals surface area contributed by atoms with Crippen molar-refractivity contribution in [1.82, 2.24) is 30.5 Å². The molecule has 0 aromatic carbocycles. The molecule has 0 aliphatic rings. The smallest absolute Gasteiger partial charge is 0.475 e. The number of nitrogens with zero attached hydrogens (tertiary/aromatic N) is 4. The summed E-state index contributed by atoms with van der Waals surface area (Å²) in [6.45, 7) is 2.87. The van der Waals surface area contributed by atoms with Crippen LogP contribution in [0.1, 0.15) is 40.8 Å². The average Bonchev–Trinajstić information content (AvgIpc) is 2.89. The maximum Gasteiger partial charge on any atom is 0.475 e. The molecule has 38 heavy (non-hydrogen) atoms. The van der Waals surface area contributed by atoms with Crippen LogP contribution in [-0.4, -0.2) is 71.9 Å². The van der Waals surface area contributed by atoms with E-state index < -0.39 is 43.3 Å². The monoisotopic (exact) mass is 520 g/mol. The van der Waals surface area contributed by atoms with Crippen LogP contribution in [0.3, 0.4) is 0 Å².